The van der Waals surface area contributed by atoms with Crippen LogP contribution in [0.25, 0.3) is 0 Å². The maximum absolute atomic E-state index is 4.95. The van der Waals surface area contributed by atoms with Gasteiger partial charge in [0.2, 0.25) is 5.95 Å². The van der Waals surface area contributed by atoms with Crippen LogP contribution >= 0.6 is 0 Å². The Hall–Kier alpha value is -2.86. The Morgan fingerprint density at radius 3 is 2.53 bits per heavy atom. The summed E-state index contributed by atoms with van der Waals surface area (Å²) < 4.78 is 0. The maximum atomic E-state index is 4.95. The Morgan fingerprint density at radius 2 is 1.78 bits per heavy atom. The number of hydrogen-bond donors (Lipinski definition) is 1. The predicted octanol–water partition coefficient (Wildman–Crippen LogP) is 4.15. The molecule has 1 aromatic heterocycles. The number of fused-ring (bicyclic) bond motifs is 1. The van der Waals surface area contributed by atoms with E-state index in [1.165, 1.54) is 23.3 Å². The predicted molar refractivity (Wildman–Crippen MR) is 132 cm³/mol. The summed E-state index contributed by atoms with van der Waals surface area (Å²) in [6.45, 7) is 7.20. The van der Waals surface area contributed by atoms with Gasteiger partial charge < -0.3 is 15.1 Å². The van der Waals surface area contributed by atoms with Crippen molar-refractivity contribution in [3.8, 4) is 0 Å². The number of hydrogen-bond acceptors (Lipinski definition) is 6. The second-order valence-corrected chi connectivity index (χ2v) is 9.47. The van der Waals surface area contributed by atoms with Crippen molar-refractivity contribution in [2.75, 3.05) is 55.4 Å². The molecule has 6 heteroatoms. The third kappa shape index (κ3) is 4.65. The van der Waals surface area contributed by atoms with Crippen LogP contribution in [0.1, 0.15) is 25.3 Å². The lowest BCUT2D eigenvalue weighted by molar-refractivity contribution is 0.249. The highest BCUT2D eigenvalue weighted by Crippen LogP contribution is 2.50. The van der Waals surface area contributed by atoms with E-state index in [4.69, 9.17) is 9.97 Å². The number of rotatable bonds is 6. The SMILES string of the molecule is CC1=CCC=C(Nc2cc(N(C)C)nc(N3CCN(Cc4ccccc4)CC3)n2)C2CC12. The maximum Gasteiger partial charge on any atom is 0.229 e. The summed E-state index contributed by atoms with van der Waals surface area (Å²) in [6.07, 6.45) is 6.96. The van der Waals surface area contributed by atoms with E-state index in [9.17, 15) is 0 Å². The molecule has 3 aliphatic rings. The Bertz CT molecular complexity index is 1000. The molecule has 6 nitrogen and oxygen atoms in total. The van der Waals surface area contributed by atoms with Crippen molar-refractivity contribution in [3.05, 3.63) is 65.4 Å². The molecule has 0 radical (unpaired) electrons. The molecule has 32 heavy (non-hydrogen) atoms. The smallest absolute Gasteiger partial charge is 0.229 e. The van der Waals surface area contributed by atoms with Gasteiger partial charge in [0.05, 0.1) is 0 Å². The fraction of sp³-hybridized carbons (Fsp3) is 0.462. The van der Waals surface area contributed by atoms with Gasteiger partial charge in [0, 0.05) is 64.5 Å². The van der Waals surface area contributed by atoms with Crippen molar-refractivity contribution in [2.45, 2.75) is 26.3 Å². The van der Waals surface area contributed by atoms with Gasteiger partial charge in [0.1, 0.15) is 11.6 Å². The normalized spacial score (nSPS) is 23.0. The molecule has 2 fully saturated rings. The second-order valence-electron chi connectivity index (χ2n) is 9.47. The summed E-state index contributed by atoms with van der Waals surface area (Å²) in [6, 6.07) is 12.8. The van der Waals surface area contributed by atoms with Crippen molar-refractivity contribution in [3.63, 3.8) is 0 Å². The summed E-state index contributed by atoms with van der Waals surface area (Å²) in [5.41, 5.74) is 4.23. The minimum atomic E-state index is 0.622. The Balaban J connectivity index is 1.28. The largest absolute Gasteiger partial charge is 0.363 e. The van der Waals surface area contributed by atoms with Gasteiger partial charge in [0.15, 0.2) is 0 Å². The first-order valence-electron chi connectivity index (χ1n) is 11.8. The van der Waals surface area contributed by atoms with Gasteiger partial charge in [-0.25, -0.2) is 0 Å². The number of nitrogens with zero attached hydrogens (tertiary/aromatic N) is 5. The average Bonchev–Trinajstić information content (AvgIpc) is 3.61. The number of allylic oxidation sites excluding steroid dienone is 4. The van der Waals surface area contributed by atoms with E-state index in [1.807, 2.05) is 14.1 Å². The molecule has 2 heterocycles. The Kier molecular flexibility index (Phi) is 5.87. The number of anilines is 3. The summed E-state index contributed by atoms with van der Waals surface area (Å²) in [4.78, 5) is 16.7. The molecule has 1 N–H and O–H groups in total. The quantitative estimate of drug-likeness (QED) is 0.695. The third-order valence-corrected chi connectivity index (χ3v) is 6.89. The van der Waals surface area contributed by atoms with Crippen molar-refractivity contribution < 1.29 is 0 Å². The summed E-state index contributed by atoms with van der Waals surface area (Å²) >= 11 is 0. The van der Waals surface area contributed by atoms with Gasteiger partial charge in [-0.3, -0.25) is 4.90 Å². The van der Waals surface area contributed by atoms with Crippen LogP contribution in [0, 0.1) is 11.8 Å². The standard InChI is InChI=1S/C26H34N6/c1-19-8-7-11-23(22-16-21(19)22)27-24-17-25(30(2)3)29-26(28-24)32-14-12-31(13-15-32)18-20-9-5-4-6-10-20/h4-6,8-11,17,21-22H,7,12-16,18H2,1-3H3,(H,27,28,29). The van der Waals surface area contributed by atoms with Crippen molar-refractivity contribution in [2.24, 2.45) is 11.8 Å². The third-order valence-electron chi connectivity index (χ3n) is 6.89. The first-order chi connectivity index (χ1) is 15.6. The van der Waals surface area contributed by atoms with Crippen LogP contribution in [0.15, 0.2) is 59.8 Å². The topological polar surface area (TPSA) is 47.5 Å². The lowest BCUT2D eigenvalue weighted by Gasteiger charge is -2.35. The molecule has 5 rings (SSSR count). The van der Waals surface area contributed by atoms with E-state index in [0.717, 1.165) is 56.7 Å². The molecule has 168 valence electrons. The van der Waals surface area contributed by atoms with Crippen LogP contribution < -0.4 is 15.1 Å². The van der Waals surface area contributed by atoms with E-state index in [2.05, 4.69) is 75.5 Å². The Morgan fingerprint density at radius 1 is 1.00 bits per heavy atom. The van der Waals surface area contributed by atoms with Crippen molar-refractivity contribution in [1.82, 2.24) is 14.9 Å². The first kappa shape index (κ1) is 21.0. The molecule has 0 amide bonds. The number of benzene rings is 1. The molecule has 2 aliphatic carbocycles. The molecule has 2 aromatic rings. The molecule has 0 bridgehead atoms. The minimum absolute atomic E-state index is 0.622. The highest BCUT2D eigenvalue weighted by molar-refractivity contribution is 5.57. The van der Waals surface area contributed by atoms with Crippen LogP contribution in [-0.2, 0) is 6.54 Å². The van der Waals surface area contributed by atoms with Crippen LogP contribution in [-0.4, -0.2) is 55.1 Å². The molecule has 2 atom stereocenters. The molecular formula is C26H34N6. The second kappa shape index (κ2) is 8.94. The van der Waals surface area contributed by atoms with Crippen LogP contribution in [0.5, 0.6) is 0 Å². The fourth-order valence-electron chi connectivity index (χ4n) is 4.81. The number of nitrogens with one attached hydrogen (secondary N) is 1. The molecule has 1 aromatic carbocycles. The lowest BCUT2D eigenvalue weighted by Crippen LogP contribution is -2.46. The van der Waals surface area contributed by atoms with Gasteiger partial charge in [-0.15, -0.1) is 0 Å². The van der Waals surface area contributed by atoms with E-state index < -0.39 is 0 Å². The first-order valence-corrected chi connectivity index (χ1v) is 11.8. The van der Waals surface area contributed by atoms with Gasteiger partial charge >= 0.3 is 0 Å². The molecule has 1 saturated heterocycles. The minimum Gasteiger partial charge on any atom is -0.363 e. The zero-order valence-electron chi connectivity index (χ0n) is 19.5. The monoisotopic (exact) mass is 430 g/mol. The highest BCUT2D eigenvalue weighted by atomic mass is 15.3. The van der Waals surface area contributed by atoms with Crippen molar-refractivity contribution >= 4 is 17.6 Å². The molecule has 2 unspecified atom stereocenters. The van der Waals surface area contributed by atoms with Crippen LogP contribution in [0.2, 0.25) is 0 Å². The van der Waals surface area contributed by atoms with E-state index in [1.54, 1.807) is 0 Å². The van der Waals surface area contributed by atoms with Gasteiger partial charge in [-0.1, -0.05) is 48.1 Å². The lowest BCUT2D eigenvalue weighted by atomic mass is 10.1. The summed E-state index contributed by atoms with van der Waals surface area (Å²) in [7, 11) is 4.09. The van der Waals surface area contributed by atoms with Gasteiger partial charge in [0.25, 0.3) is 0 Å². The number of aromatic nitrogens is 2. The van der Waals surface area contributed by atoms with Gasteiger partial charge in [-0.2, -0.15) is 9.97 Å². The molecular weight excluding hydrogens is 396 g/mol. The zero-order chi connectivity index (χ0) is 22.1. The highest BCUT2D eigenvalue weighted by Gasteiger charge is 2.41. The van der Waals surface area contributed by atoms with Crippen LogP contribution in [0.3, 0.4) is 0 Å². The molecule has 1 saturated carbocycles. The molecule has 0 spiro atoms. The van der Waals surface area contributed by atoms with Gasteiger partial charge in [-0.05, 0) is 31.2 Å². The fourth-order valence-corrected chi connectivity index (χ4v) is 4.81. The molecule has 1 aliphatic heterocycles. The average molecular weight is 431 g/mol. The van der Waals surface area contributed by atoms with E-state index in [-0.39, 0.29) is 0 Å². The van der Waals surface area contributed by atoms with Crippen LogP contribution in [0.4, 0.5) is 17.6 Å². The summed E-state index contributed by atoms with van der Waals surface area (Å²) in [5, 5.41) is 3.66. The summed E-state index contributed by atoms with van der Waals surface area (Å²) in [5.74, 6) is 4.01. The zero-order valence-corrected chi connectivity index (χ0v) is 19.5. The van der Waals surface area contributed by atoms with E-state index >= 15 is 0 Å². The van der Waals surface area contributed by atoms with Crippen molar-refractivity contribution in [1.29, 1.82) is 0 Å². The Labute approximate surface area is 191 Å². The number of piperazine rings is 1. The van der Waals surface area contributed by atoms with E-state index in [0.29, 0.717) is 11.8 Å².